The minimum Gasteiger partial charge on any atom is -0.396 e. The van der Waals surface area contributed by atoms with Crippen molar-refractivity contribution in [1.29, 1.82) is 0 Å². The smallest absolute Gasteiger partial charge is 0.256 e. The molecule has 108 valence electrons. The van der Waals surface area contributed by atoms with Gasteiger partial charge in [-0.2, -0.15) is 20.1 Å². The van der Waals surface area contributed by atoms with Gasteiger partial charge in [-0.1, -0.05) is 6.92 Å². The van der Waals surface area contributed by atoms with Gasteiger partial charge in [0.2, 0.25) is 11.2 Å². The van der Waals surface area contributed by atoms with E-state index in [0.29, 0.717) is 24.4 Å². The second-order valence-electron chi connectivity index (χ2n) is 4.54. The van der Waals surface area contributed by atoms with Crippen LogP contribution < -0.4 is 5.32 Å². The molecule has 2 aromatic heterocycles. The maximum atomic E-state index is 8.95. The number of anilines is 1. The fraction of sp³-hybridized carbons (Fsp3) is 0.500. The second kappa shape index (κ2) is 7.16. The molecule has 0 fully saturated rings. The summed E-state index contributed by atoms with van der Waals surface area (Å²) in [6, 6.07) is 1.78. The summed E-state index contributed by atoms with van der Waals surface area (Å²) in [5.74, 6) is 1.10. The van der Waals surface area contributed by atoms with Gasteiger partial charge in [0.1, 0.15) is 0 Å². The van der Waals surface area contributed by atoms with Crippen molar-refractivity contribution in [2.75, 3.05) is 18.5 Å². The lowest BCUT2D eigenvalue weighted by molar-refractivity contribution is 0.229. The Kier molecular flexibility index (Phi) is 5.25. The lowest BCUT2D eigenvalue weighted by Gasteiger charge is -2.09. The third-order valence-electron chi connectivity index (χ3n) is 2.77. The first-order chi connectivity index (χ1) is 9.69. The van der Waals surface area contributed by atoms with Crippen molar-refractivity contribution in [3.8, 4) is 5.95 Å². The summed E-state index contributed by atoms with van der Waals surface area (Å²) in [5.41, 5.74) is 0. The van der Waals surface area contributed by atoms with Crippen LogP contribution in [0.3, 0.4) is 0 Å². The van der Waals surface area contributed by atoms with Gasteiger partial charge in [0.05, 0.1) is 0 Å². The molecule has 0 radical (unpaired) electrons. The summed E-state index contributed by atoms with van der Waals surface area (Å²) in [4.78, 5) is 12.3. The van der Waals surface area contributed by atoms with Gasteiger partial charge in [0.15, 0.2) is 0 Å². The predicted molar refractivity (Wildman–Crippen MR) is 75.9 cm³/mol. The highest BCUT2D eigenvalue weighted by atomic mass is 35.5. The van der Waals surface area contributed by atoms with Crippen LogP contribution in [0.5, 0.6) is 0 Å². The molecule has 2 rings (SSSR count). The topological polar surface area (TPSA) is 88.8 Å². The first-order valence-electron chi connectivity index (χ1n) is 6.45. The molecule has 0 aliphatic heterocycles. The molecule has 0 aromatic carbocycles. The van der Waals surface area contributed by atoms with Gasteiger partial charge in [-0.25, -0.2) is 4.68 Å². The van der Waals surface area contributed by atoms with Crippen molar-refractivity contribution in [1.82, 2.24) is 24.7 Å². The number of aliphatic hydroxyl groups is 1. The SMILES string of the molecule is CC(CO)CCCNc1nc(Cl)nc(-n2cccn2)n1. The van der Waals surface area contributed by atoms with Gasteiger partial charge in [-0.05, 0) is 36.4 Å². The fourth-order valence-electron chi connectivity index (χ4n) is 1.65. The normalized spacial score (nSPS) is 12.3. The molecular formula is C12H17ClN6O. The summed E-state index contributed by atoms with van der Waals surface area (Å²) in [7, 11) is 0. The maximum Gasteiger partial charge on any atom is 0.256 e. The number of nitrogens with one attached hydrogen (secondary N) is 1. The van der Waals surface area contributed by atoms with Crippen LogP contribution in [0.1, 0.15) is 19.8 Å². The van der Waals surface area contributed by atoms with Gasteiger partial charge in [-0.15, -0.1) is 0 Å². The molecule has 0 saturated carbocycles. The molecule has 1 unspecified atom stereocenters. The van der Waals surface area contributed by atoms with E-state index in [1.54, 1.807) is 18.5 Å². The van der Waals surface area contributed by atoms with E-state index in [-0.39, 0.29) is 11.9 Å². The molecule has 1 atom stereocenters. The third kappa shape index (κ3) is 4.14. The van der Waals surface area contributed by atoms with Gasteiger partial charge in [-0.3, -0.25) is 0 Å². The molecule has 20 heavy (non-hydrogen) atoms. The quantitative estimate of drug-likeness (QED) is 0.753. The third-order valence-corrected chi connectivity index (χ3v) is 2.94. The Labute approximate surface area is 122 Å². The van der Waals surface area contributed by atoms with E-state index in [4.69, 9.17) is 16.7 Å². The Morgan fingerprint density at radius 2 is 2.25 bits per heavy atom. The zero-order chi connectivity index (χ0) is 14.4. The van der Waals surface area contributed by atoms with Gasteiger partial charge >= 0.3 is 0 Å². The molecule has 2 aromatic rings. The molecule has 0 bridgehead atoms. The molecule has 0 aliphatic rings. The highest BCUT2D eigenvalue weighted by Gasteiger charge is 2.07. The van der Waals surface area contributed by atoms with E-state index in [9.17, 15) is 0 Å². The Balaban J connectivity index is 1.95. The van der Waals surface area contributed by atoms with Crippen molar-refractivity contribution in [3.63, 3.8) is 0 Å². The van der Waals surface area contributed by atoms with Crippen molar-refractivity contribution >= 4 is 17.5 Å². The molecule has 2 heterocycles. The standard InChI is InChI=1S/C12H17ClN6O/c1-9(8-20)4-2-5-14-11-16-10(13)17-12(18-11)19-7-3-6-15-19/h3,6-7,9,20H,2,4-5,8H2,1H3,(H,14,16,17,18). The van der Waals surface area contributed by atoms with Crippen molar-refractivity contribution < 1.29 is 5.11 Å². The molecule has 2 N–H and O–H groups in total. The summed E-state index contributed by atoms with van der Waals surface area (Å²) >= 11 is 5.88. The lowest BCUT2D eigenvalue weighted by Crippen LogP contribution is -2.11. The van der Waals surface area contributed by atoms with Crippen LogP contribution in [-0.4, -0.2) is 43.0 Å². The van der Waals surface area contributed by atoms with E-state index in [1.807, 2.05) is 6.92 Å². The van der Waals surface area contributed by atoms with E-state index < -0.39 is 0 Å². The Morgan fingerprint density at radius 1 is 1.40 bits per heavy atom. The average molecular weight is 297 g/mol. The van der Waals surface area contributed by atoms with Gasteiger partial charge < -0.3 is 10.4 Å². The van der Waals surface area contributed by atoms with Crippen LogP contribution in [-0.2, 0) is 0 Å². The van der Waals surface area contributed by atoms with Crippen molar-refractivity contribution in [2.24, 2.45) is 5.92 Å². The van der Waals surface area contributed by atoms with E-state index in [0.717, 1.165) is 12.8 Å². The minimum absolute atomic E-state index is 0.122. The Bertz CT molecular complexity index is 533. The fourth-order valence-corrected chi connectivity index (χ4v) is 1.81. The number of hydrogen-bond acceptors (Lipinski definition) is 6. The number of rotatable bonds is 7. The Morgan fingerprint density at radius 3 is 2.95 bits per heavy atom. The molecule has 7 nitrogen and oxygen atoms in total. The first-order valence-corrected chi connectivity index (χ1v) is 6.83. The van der Waals surface area contributed by atoms with E-state index in [2.05, 4.69) is 25.4 Å². The number of aromatic nitrogens is 5. The molecule has 0 aliphatic carbocycles. The highest BCUT2D eigenvalue weighted by Crippen LogP contribution is 2.10. The summed E-state index contributed by atoms with van der Waals surface area (Å²) in [6.07, 6.45) is 5.23. The maximum absolute atomic E-state index is 8.95. The first kappa shape index (κ1) is 14.7. The Hall–Kier alpha value is -1.73. The van der Waals surface area contributed by atoms with Crippen molar-refractivity contribution in [3.05, 3.63) is 23.7 Å². The molecule has 8 heteroatoms. The van der Waals surface area contributed by atoms with Crippen molar-refractivity contribution in [2.45, 2.75) is 19.8 Å². The van der Waals surface area contributed by atoms with Crippen LogP contribution in [0.4, 0.5) is 5.95 Å². The molecular weight excluding hydrogens is 280 g/mol. The number of nitrogens with zero attached hydrogens (tertiary/aromatic N) is 5. The van der Waals surface area contributed by atoms with Crippen LogP contribution >= 0.6 is 11.6 Å². The lowest BCUT2D eigenvalue weighted by atomic mass is 10.1. The molecule has 0 amide bonds. The van der Waals surface area contributed by atoms with Gasteiger partial charge in [0, 0.05) is 25.5 Å². The number of halogens is 1. The van der Waals surface area contributed by atoms with Crippen LogP contribution in [0.2, 0.25) is 5.28 Å². The van der Waals surface area contributed by atoms with Gasteiger partial charge in [0.25, 0.3) is 5.95 Å². The largest absolute Gasteiger partial charge is 0.396 e. The monoisotopic (exact) mass is 296 g/mol. The van der Waals surface area contributed by atoms with E-state index in [1.165, 1.54) is 4.68 Å². The zero-order valence-electron chi connectivity index (χ0n) is 11.2. The molecule has 0 spiro atoms. The number of aliphatic hydroxyl groups excluding tert-OH is 1. The summed E-state index contributed by atoms with van der Waals surface area (Å²) in [5, 5.41) is 16.2. The molecule has 0 saturated heterocycles. The van der Waals surface area contributed by atoms with Crippen LogP contribution in [0, 0.1) is 5.92 Å². The minimum atomic E-state index is 0.122. The van der Waals surface area contributed by atoms with E-state index >= 15 is 0 Å². The average Bonchev–Trinajstić information content (AvgIpc) is 2.97. The zero-order valence-corrected chi connectivity index (χ0v) is 12.0. The number of hydrogen-bond donors (Lipinski definition) is 2. The second-order valence-corrected chi connectivity index (χ2v) is 4.87. The predicted octanol–water partition coefficient (Wildman–Crippen LogP) is 1.53. The summed E-state index contributed by atoms with van der Waals surface area (Å²) < 4.78 is 1.52. The van der Waals surface area contributed by atoms with Crippen LogP contribution in [0.15, 0.2) is 18.5 Å². The highest BCUT2D eigenvalue weighted by molar-refractivity contribution is 6.28. The summed E-state index contributed by atoms with van der Waals surface area (Å²) in [6.45, 7) is 2.93. The van der Waals surface area contributed by atoms with Crippen LogP contribution in [0.25, 0.3) is 5.95 Å².